The van der Waals surface area contributed by atoms with Crippen molar-refractivity contribution >= 4 is 11.8 Å². The molecule has 0 saturated carbocycles. The van der Waals surface area contributed by atoms with Crippen molar-refractivity contribution in [2.24, 2.45) is 0 Å². The number of hydrogen-bond donors (Lipinski definition) is 1. The van der Waals surface area contributed by atoms with Crippen LogP contribution in [0.15, 0.2) is 35.2 Å². The van der Waals surface area contributed by atoms with Gasteiger partial charge in [0.1, 0.15) is 0 Å². The van der Waals surface area contributed by atoms with Crippen molar-refractivity contribution in [2.75, 3.05) is 25.5 Å². The Morgan fingerprint density at radius 1 is 1.24 bits per heavy atom. The van der Waals surface area contributed by atoms with Crippen LogP contribution in [0, 0.1) is 0 Å². The van der Waals surface area contributed by atoms with Crippen molar-refractivity contribution in [3.63, 3.8) is 0 Å². The van der Waals surface area contributed by atoms with E-state index < -0.39 is 0 Å². The Hall–Kier alpha value is -0.510. The van der Waals surface area contributed by atoms with Crippen LogP contribution in [0.3, 0.4) is 0 Å². The zero-order valence-corrected chi connectivity index (χ0v) is 11.6. The standard InChI is InChI=1S/C14H23NOS/c1-3-10-16-11-13(15-4-2)12-17-14-8-6-5-7-9-14/h5-9,13,15H,3-4,10-12H2,1-2H3. The van der Waals surface area contributed by atoms with Crippen molar-refractivity contribution in [2.45, 2.75) is 31.2 Å². The van der Waals surface area contributed by atoms with Crippen LogP contribution in [-0.4, -0.2) is 31.6 Å². The molecule has 96 valence electrons. The smallest absolute Gasteiger partial charge is 0.0627 e. The van der Waals surface area contributed by atoms with E-state index in [4.69, 9.17) is 4.74 Å². The van der Waals surface area contributed by atoms with Crippen LogP contribution < -0.4 is 5.32 Å². The molecule has 0 aromatic heterocycles. The topological polar surface area (TPSA) is 21.3 Å². The summed E-state index contributed by atoms with van der Waals surface area (Å²) in [6.45, 7) is 6.94. The fraction of sp³-hybridized carbons (Fsp3) is 0.571. The van der Waals surface area contributed by atoms with E-state index in [1.54, 1.807) is 0 Å². The van der Waals surface area contributed by atoms with Gasteiger partial charge in [0.05, 0.1) is 6.61 Å². The summed E-state index contributed by atoms with van der Waals surface area (Å²) in [4.78, 5) is 1.32. The highest BCUT2D eigenvalue weighted by Gasteiger charge is 2.07. The maximum Gasteiger partial charge on any atom is 0.0627 e. The average Bonchev–Trinajstić information content (AvgIpc) is 2.37. The van der Waals surface area contributed by atoms with Crippen molar-refractivity contribution in [1.29, 1.82) is 0 Å². The van der Waals surface area contributed by atoms with E-state index in [1.807, 2.05) is 11.8 Å². The third kappa shape index (κ3) is 6.71. The molecule has 1 atom stereocenters. The van der Waals surface area contributed by atoms with Gasteiger partial charge in [-0.15, -0.1) is 11.8 Å². The van der Waals surface area contributed by atoms with E-state index in [0.717, 1.165) is 31.9 Å². The third-order valence-corrected chi connectivity index (χ3v) is 3.53. The van der Waals surface area contributed by atoms with Gasteiger partial charge in [-0.1, -0.05) is 32.0 Å². The van der Waals surface area contributed by atoms with Gasteiger partial charge in [-0.05, 0) is 25.1 Å². The normalized spacial score (nSPS) is 12.6. The van der Waals surface area contributed by atoms with Crippen LogP contribution in [0.4, 0.5) is 0 Å². The minimum atomic E-state index is 0.441. The zero-order valence-electron chi connectivity index (χ0n) is 10.8. The molecule has 0 aliphatic rings. The molecular weight excluding hydrogens is 230 g/mol. The highest BCUT2D eigenvalue weighted by molar-refractivity contribution is 7.99. The van der Waals surface area contributed by atoms with Crippen molar-refractivity contribution in [3.05, 3.63) is 30.3 Å². The summed E-state index contributed by atoms with van der Waals surface area (Å²) in [6.07, 6.45) is 1.09. The Morgan fingerprint density at radius 2 is 2.00 bits per heavy atom. The fourth-order valence-corrected chi connectivity index (χ4v) is 2.50. The second-order valence-electron chi connectivity index (χ2n) is 3.95. The molecule has 0 amide bonds. The summed E-state index contributed by atoms with van der Waals surface area (Å²) in [6, 6.07) is 11.0. The van der Waals surface area contributed by atoms with Gasteiger partial charge in [0.2, 0.25) is 0 Å². The third-order valence-electron chi connectivity index (χ3n) is 2.35. The molecular formula is C14H23NOS. The first kappa shape index (κ1) is 14.6. The number of rotatable bonds is 9. The second kappa shape index (κ2) is 9.51. The fourth-order valence-electron chi connectivity index (χ4n) is 1.54. The number of likely N-dealkylation sites (N-methyl/N-ethyl adjacent to an activating group) is 1. The second-order valence-corrected chi connectivity index (χ2v) is 5.05. The van der Waals surface area contributed by atoms with Crippen molar-refractivity contribution < 1.29 is 4.74 Å². The lowest BCUT2D eigenvalue weighted by Gasteiger charge is -2.17. The Kier molecular flexibility index (Phi) is 8.14. The summed E-state index contributed by atoms with van der Waals surface area (Å²) in [5, 5.41) is 3.47. The van der Waals surface area contributed by atoms with Crippen LogP contribution in [0.2, 0.25) is 0 Å². The highest BCUT2D eigenvalue weighted by atomic mass is 32.2. The molecule has 0 saturated heterocycles. The molecule has 0 fully saturated rings. The van der Waals surface area contributed by atoms with Gasteiger partial charge in [-0.25, -0.2) is 0 Å². The molecule has 2 nitrogen and oxygen atoms in total. The first-order valence-electron chi connectivity index (χ1n) is 6.35. The monoisotopic (exact) mass is 253 g/mol. The molecule has 3 heteroatoms. The SMILES string of the molecule is CCCOCC(CSc1ccccc1)NCC. The molecule has 0 bridgehead atoms. The van der Waals surface area contributed by atoms with E-state index in [1.165, 1.54) is 4.90 Å². The quantitative estimate of drug-likeness (QED) is 0.539. The predicted molar refractivity (Wildman–Crippen MR) is 75.7 cm³/mol. The highest BCUT2D eigenvalue weighted by Crippen LogP contribution is 2.17. The van der Waals surface area contributed by atoms with Gasteiger partial charge in [-0.2, -0.15) is 0 Å². The molecule has 0 radical (unpaired) electrons. The Morgan fingerprint density at radius 3 is 2.65 bits per heavy atom. The van der Waals surface area contributed by atoms with Crippen molar-refractivity contribution in [3.8, 4) is 0 Å². The Bertz CT molecular complexity index is 279. The molecule has 0 aliphatic carbocycles. The van der Waals surface area contributed by atoms with Gasteiger partial charge in [0, 0.05) is 23.3 Å². The van der Waals surface area contributed by atoms with Gasteiger partial charge in [0.15, 0.2) is 0 Å². The van der Waals surface area contributed by atoms with E-state index in [9.17, 15) is 0 Å². The summed E-state index contributed by atoms with van der Waals surface area (Å²) in [7, 11) is 0. The van der Waals surface area contributed by atoms with E-state index in [0.29, 0.717) is 6.04 Å². The van der Waals surface area contributed by atoms with Crippen molar-refractivity contribution in [1.82, 2.24) is 5.32 Å². The number of hydrogen-bond acceptors (Lipinski definition) is 3. The first-order chi connectivity index (χ1) is 8.36. The lowest BCUT2D eigenvalue weighted by Crippen LogP contribution is -2.35. The van der Waals surface area contributed by atoms with Crippen LogP contribution in [0.5, 0.6) is 0 Å². The van der Waals surface area contributed by atoms with E-state index in [-0.39, 0.29) is 0 Å². The number of thioether (sulfide) groups is 1. The predicted octanol–water partition coefficient (Wildman–Crippen LogP) is 3.18. The molecule has 1 N–H and O–H groups in total. The summed E-state index contributed by atoms with van der Waals surface area (Å²) >= 11 is 1.88. The Balaban J connectivity index is 2.28. The number of ether oxygens (including phenoxy) is 1. The van der Waals surface area contributed by atoms with E-state index >= 15 is 0 Å². The molecule has 1 unspecified atom stereocenters. The zero-order chi connectivity index (χ0) is 12.3. The van der Waals surface area contributed by atoms with Gasteiger partial charge < -0.3 is 10.1 Å². The maximum absolute atomic E-state index is 5.61. The first-order valence-corrected chi connectivity index (χ1v) is 7.34. The lowest BCUT2D eigenvalue weighted by molar-refractivity contribution is 0.117. The molecule has 17 heavy (non-hydrogen) atoms. The molecule has 0 spiro atoms. The maximum atomic E-state index is 5.61. The Labute approximate surface area is 109 Å². The van der Waals surface area contributed by atoms with E-state index in [2.05, 4.69) is 49.5 Å². The van der Waals surface area contributed by atoms with Crippen LogP contribution >= 0.6 is 11.8 Å². The van der Waals surface area contributed by atoms with Gasteiger partial charge in [0.25, 0.3) is 0 Å². The number of nitrogens with one attached hydrogen (secondary N) is 1. The van der Waals surface area contributed by atoms with Crippen LogP contribution in [0.1, 0.15) is 20.3 Å². The molecule has 1 aromatic carbocycles. The van der Waals surface area contributed by atoms with Gasteiger partial charge >= 0.3 is 0 Å². The largest absolute Gasteiger partial charge is 0.380 e. The number of benzene rings is 1. The molecule has 0 aliphatic heterocycles. The summed E-state index contributed by atoms with van der Waals surface area (Å²) in [5.74, 6) is 1.06. The minimum Gasteiger partial charge on any atom is -0.380 e. The summed E-state index contributed by atoms with van der Waals surface area (Å²) in [5.41, 5.74) is 0. The van der Waals surface area contributed by atoms with Gasteiger partial charge in [-0.3, -0.25) is 0 Å². The molecule has 0 heterocycles. The minimum absolute atomic E-state index is 0.441. The van der Waals surface area contributed by atoms with Crippen LogP contribution in [-0.2, 0) is 4.74 Å². The lowest BCUT2D eigenvalue weighted by atomic mass is 10.3. The molecule has 1 rings (SSSR count). The van der Waals surface area contributed by atoms with Crippen LogP contribution in [0.25, 0.3) is 0 Å². The average molecular weight is 253 g/mol. The molecule has 1 aromatic rings. The summed E-state index contributed by atoms with van der Waals surface area (Å²) < 4.78 is 5.61.